The third-order valence-corrected chi connectivity index (χ3v) is 7.08. The molecule has 35 heavy (non-hydrogen) atoms. The minimum absolute atomic E-state index is 0.230. The van der Waals surface area contributed by atoms with E-state index in [1.165, 1.54) is 0 Å². The van der Waals surface area contributed by atoms with Crippen LogP contribution < -0.4 is 9.47 Å². The smallest absolute Gasteiger partial charge is 0.363 e. The highest BCUT2D eigenvalue weighted by molar-refractivity contribution is 14.1. The SMILES string of the molecule is COc1cc(/C=C2\N=C(c3ccc4ccccc4c3)OC2=O)cc(I)c1OCc1ccccc1Br. The fourth-order valence-corrected chi connectivity index (χ4v) is 4.92. The summed E-state index contributed by atoms with van der Waals surface area (Å²) < 4.78 is 19.0. The third kappa shape index (κ3) is 5.11. The van der Waals surface area contributed by atoms with Crippen molar-refractivity contribution in [2.75, 3.05) is 7.11 Å². The van der Waals surface area contributed by atoms with E-state index in [2.05, 4.69) is 43.5 Å². The maximum Gasteiger partial charge on any atom is 0.363 e. The van der Waals surface area contributed by atoms with E-state index in [1.807, 2.05) is 78.9 Å². The predicted molar refractivity (Wildman–Crippen MR) is 149 cm³/mol. The van der Waals surface area contributed by atoms with E-state index in [-0.39, 0.29) is 5.70 Å². The number of methoxy groups -OCH3 is 1. The lowest BCUT2D eigenvalue weighted by Gasteiger charge is -2.14. The average Bonchev–Trinajstić information content (AvgIpc) is 3.23. The first-order valence-electron chi connectivity index (χ1n) is 10.8. The van der Waals surface area contributed by atoms with Crippen molar-refractivity contribution in [3.63, 3.8) is 0 Å². The van der Waals surface area contributed by atoms with Gasteiger partial charge in [-0.05, 0) is 75.3 Å². The molecule has 0 fully saturated rings. The Labute approximate surface area is 224 Å². The number of hydrogen-bond donors (Lipinski definition) is 0. The van der Waals surface area contributed by atoms with Gasteiger partial charge >= 0.3 is 5.97 Å². The van der Waals surface area contributed by atoms with Gasteiger partial charge in [0.1, 0.15) is 6.61 Å². The van der Waals surface area contributed by atoms with Crippen LogP contribution >= 0.6 is 38.5 Å². The number of rotatable bonds is 6. The maximum atomic E-state index is 12.6. The number of halogens is 2. The first kappa shape index (κ1) is 23.6. The Morgan fingerprint density at radius 2 is 1.77 bits per heavy atom. The summed E-state index contributed by atoms with van der Waals surface area (Å²) >= 11 is 5.75. The molecule has 4 aromatic carbocycles. The Morgan fingerprint density at radius 3 is 2.57 bits per heavy atom. The lowest BCUT2D eigenvalue weighted by molar-refractivity contribution is -0.129. The molecule has 0 N–H and O–H groups in total. The standard InChI is InChI=1S/C28H19BrINO4/c1-33-25-14-17(12-23(30)26(25)34-16-21-8-4-5-9-22(21)29)13-24-28(32)35-27(31-24)20-11-10-18-6-2-3-7-19(18)15-20/h2-15H,16H2,1H3/b24-13-. The minimum atomic E-state index is -0.489. The van der Waals surface area contributed by atoms with Gasteiger partial charge in [-0.3, -0.25) is 0 Å². The van der Waals surface area contributed by atoms with Crippen LogP contribution in [-0.2, 0) is 16.1 Å². The van der Waals surface area contributed by atoms with E-state index < -0.39 is 5.97 Å². The summed E-state index contributed by atoms with van der Waals surface area (Å²) in [6.07, 6.45) is 1.69. The molecule has 4 aromatic rings. The van der Waals surface area contributed by atoms with Crippen molar-refractivity contribution in [2.45, 2.75) is 6.61 Å². The predicted octanol–water partition coefficient (Wildman–Crippen LogP) is 7.14. The van der Waals surface area contributed by atoms with Gasteiger partial charge in [-0.15, -0.1) is 0 Å². The van der Waals surface area contributed by atoms with Crippen LogP contribution in [0.25, 0.3) is 16.8 Å². The van der Waals surface area contributed by atoms with E-state index in [4.69, 9.17) is 14.2 Å². The van der Waals surface area contributed by atoms with Gasteiger partial charge in [0, 0.05) is 15.6 Å². The molecule has 0 unspecified atom stereocenters. The zero-order chi connectivity index (χ0) is 24.4. The van der Waals surface area contributed by atoms with Crippen LogP contribution in [0.1, 0.15) is 16.7 Å². The molecule has 0 spiro atoms. The van der Waals surface area contributed by atoms with Gasteiger partial charge in [-0.1, -0.05) is 64.5 Å². The number of esters is 1. The molecular weight excluding hydrogens is 621 g/mol. The number of aliphatic imine (C=N–C) groups is 1. The van der Waals surface area contributed by atoms with Gasteiger partial charge in [-0.25, -0.2) is 9.79 Å². The highest BCUT2D eigenvalue weighted by Crippen LogP contribution is 2.36. The first-order chi connectivity index (χ1) is 17.0. The van der Waals surface area contributed by atoms with Crippen molar-refractivity contribution in [1.82, 2.24) is 0 Å². The summed E-state index contributed by atoms with van der Waals surface area (Å²) in [4.78, 5) is 17.0. The quantitative estimate of drug-likeness (QED) is 0.128. The number of nitrogens with zero attached hydrogens (tertiary/aromatic N) is 1. The molecular formula is C28H19BrINO4. The summed E-state index contributed by atoms with van der Waals surface area (Å²) in [5.41, 5.74) is 2.77. The maximum absolute atomic E-state index is 12.6. The second kappa shape index (κ2) is 10.2. The lowest BCUT2D eigenvalue weighted by Crippen LogP contribution is -2.05. The Hall–Kier alpha value is -3.17. The Balaban J connectivity index is 1.42. The average molecular weight is 640 g/mol. The number of hydrogen-bond acceptors (Lipinski definition) is 5. The van der Waals surface area contributed by atoms with Crippen LogP contribution in [0.4, 0.5) is 0 Å². The molecule has 7 heteroatoms. The lowest BCUT2D eigenvalue weighted by atomic mass is 10.1. The van der Waals surface area contributed by atoms with Crippen molar-refractivity contribution < 1.29 is 19.0 Å². The first-order valence-corrected chi connectivity index (χ1v) is 12.6. The molecule has 1 aliphatic heterocycles. The highest BCUT2D eigenvalue weighted by atomic mass is 127. The summed E-state index contributed by atoms with van der Waals surface area (Å²) in [6, 6.07) is 25.5. The van der Waals surface area contributed by atoms with Gasteiger partial charge in [0.25, 0.3) is 0 Å². The fraction of sp³-hybridized carbons (Fsp3) is 0.0714. The Morgan fingerprint density at radius 1 is 1.00 bits per heavy atom. The van der Waals surface area contributed by atoms with Gasteiger partial charge in [0.2, 0.25) is 5.90 Å². The van der Waals surface area contributed by atoms with E-state index in [9.17, 15) is 4.79 Å². The van der Waals surface area contributed by atoms with Gasteiger partial charge in [-0.2, -0.15) is 0 Å². The molecule has 0 atom stereocenters. The van der Waals surface area contributed by atoms with Gasteiger partial charge in [0.05, 0.1) is 10.7 Å². The van der Waals surface area contributed by atoms with Crippen LogP contribution in [0, 0.1) is 3.57 Å². The van der Waals surface area contributed by atoms with E-state index in [1.54, 1.807) is 13.2 Å². The van der Waals surface area contributed by atoms with Crippen molar-refractivity contribution in [1.29, 1.82) is 0 Å². The molecule has 0 radical (unpaired) electrons. The molecule has 174 valence electrons. The fourth-order valence-electron chi connectivity index (χ4n) is 3.74. The van der Waals surface area contributed by atoms with E-state index >= 15 is 0 Å². The monoisotopic (exact) mass is 639 g/mol. The highest BCUT2D eigenvalue weighted by Gasteiger charge is 2.25. The molecule has 5 nitrogen and oxygen atoms in total. The number of ether oxygens (including phenoxy) is 3. The van der Waals surface area contributed by atoms with E-state index in [0.29, 0.717) is 24.0 Å². The van der Waals surface area contributed by atoms with Crippen LogP contribution in [0.15, 0.2) is 94.0 Å². The van der Waals surface area contributed by atoms with Crippen molar-refractivity contribution >= 4 is 67.2 Å². The largest absolute Gasteiger partial charge is 0.493 e. The summed E-state index contributed by atoms with van der Waals surface area (Å²) in [6.45, 7) is 0.389. The van der Waals surface area contributed by atoms with E-state index in [0.717, 1.165) is 35.5 Å². The molecule has 1 heterocycles. The van der Waals surface area contributed by atoms with Crippen molar-refractivity contribution in [2.24, 2.45) is 4.99 Å². The number of carbonyl (C=O) groups excluding carboxylic acids is 1. The number of cyclic esters (lactones) is 1. The molecule has 0 aromatic heterocycles. The topological polar surface area (TPSA) is 57.1 Å². The number of carbonyl (C=O) groups is 1. The van der Waals surface area contributed by atoms with Crippen LogP contribution in [0.5, 0.6) is 11.5 Å². The van der Waals surface area contributed by atoms with Crippen LogP contribution in [0.2, 0.25) is 0 Å². The molecule has 0 aliphatic carbocycles. The summed E-state index contributed by atoms with van der Waals surface area (Å²) in [7, 11) is 1.59. The zero-order valence-electron chi connectivity index (χ0n) is 18.6. The Kier molecular flexibility index (Phi) is 6.88. The van der Waals surface area contributed by atoms with Crippen molar-refractivity contribution in [3.05, 3.63) is 109 Å². The zero-order valence-corrected chi connectivity index (χ0v) is 22.4. The molecule has 0 saturated heterocycles. The van der Waals surface area contributed by atoms with Crippen LogP contribution in [0.3, 0.4) is 0 Å². The van der Waals surface area contributed by atoms with Gasteiger partial charge in [0.15, 0.2) is 17.2 Å². The molecule has 0 amide bonds. The normalized spacial score (nSPS) is 14.2. The number of fused-ring (bicyclic) bond motifs is 1. The summed E-state index contributed by atoms with van der Waals surface area (Å²) in [5, 5.41) is 2.17. The molecule has 1 aliphatic rings. The second-order valence-electron chi connectivity index (χ2n) is 7.81. The minimum Gasteiger partial charge on any atom is -0.493 e. The molecule has 0 saturated carbocycles. The van der Waals surface area contributed by atoms with Crippen molar-refractivity contribution in [3.8, 4) is 11.5 Å². The summed E-state index contributed by atoms with van der Waals surface area (Å²) in [5.74, 6) is 1.01. The molecule has 5 rings (SSSR count). The Bertz CT molecular complexity index is 1510. The van der Waals surface area contributed by atoms with Gasteiger partial charge < -0.3 is 14.2 Å². The van der Waals surface area contributed by atoms with Crippen LogP contribution in [-0.4, -0.2) is 19.0 Å². The second-order valence-corrected chi connectivity index (χ2v) is 9.83. The third-order valence-electron chi connectivity index (χ3n) is 5.50. The number of benzene rings is 4. The molecule has 0 bridgehead atoms.